The summed E-state index contributed by atoms with van der Waals surface area (Å²) >= 11 is 0. The minimum Gasteiger partial charge on any atom is -0.275 e. The highest BCUT2D eigenvalue weighted by Gasteiger charge is 2.43. The average Bonchev–Trinajstić information content (AvgIpc) is 1.66. The molecule has 15 nitrogen and oxygen atoms in total. The van der Waals surface area contributed by atoms with Gasteiger partial charge in [0.05, 0.1) is 5.69 Å². The minimum absolute atomic E-state index is 0.0868. The van der Waals surface area contributed by atoms with Gasteiger partial charge in [0, 0.05) is 83.4 Å². The van der Waals surface area contributed by atoms with Gasteiger partial charge in [0.15, 0.2) is 0 Å². The molecule has 5 fully saturated rings. The van der Waals surface area contributed by atoms with E-state index in [0.717, 1.165) is 98.2 Å². The maximum atomic E-state index is 12.2. The molecule has 15 heteroatoms. The summed E-state index contributed by atoms with van der Waals surface area (Å²) in [7, 11) is 0. The van der Waals surface area contributed by atoms with Crippen LogP contribution in [0.25, 0.3) is 0 Å². The Kier molecular flexibility index (Phi) is 21.8. The molecule has 0 radical (unpaired) electrons. The molecule has 15 aliphatic rings. The highest BCUT2D eigenvalue weighted by molar-refractivity contribution is 6.32. The summed E-state index contributed by atoms with van der Waals surface area (Å²) in [5.74, 6) is 9.99. The molecule has 5 aliphatic heterocycles. The van der Waals surface area contributed by atoms with E-state index < -0.39 is 0 Å². The van der Waals surface area contributed by atoms with Gasteiger partial charge in [-0.15, -0.1) is 0 Å². The second-order valence-electron chi connectivity index (χ2n) is 31.4. The summed E-state index contributed by atoms with van der Waals surface area (Å²) in [6, 6.07) is 7.92. The van der Waals surface area contributed by atoms with Gasteiger partial charge < -0.3 is 0 Å². The zero-order valence-electron chi connectivity index (χ0n) is 59.0. The number of rotatable bonds is 21. The van der Waals surface area contributed by atoms with Crippen molar-refractivity contribution < 1.29 is 47.9 Å². The molecule has 5 saturated carbocycles. The van der Waals surface area contributed by atoms with Crippen LogP contribution in [0.3, 0.4) is 0 Å². The zero-order chi connectivity index (χ0) is 69.2. The van der Waals surface area contributed by atoms with Crippen LogP contribution in [0.4, 0.5) is 5.69 Å². The van der Waals surface area contributed by atoms with Gasteiger partial charge >= 0.3 is 0 Å². The van der Waals surface area contributed by atoms with E-state index in [1.54, 1.807) is 48.5 Å². The lowest BCUT2D eigenvalue weighted by Crippen LogP contribution is -2.36. The summed E-state index contributed by atoms with van der Waals surface area (Å²) in [4.78, 5) is 125. The molecule has 1 aromatic rings. The first-order chi connectivity index (χ1) is 47.1. The first kappa shape index (κ1) is 70.2. The van der Waals surface area contributed by atoms with E-state index in [1.165, 1.54) is 138 Å². The average molecular weight is 1330 g/mol. The Hall–Kier alpha value is -7.68. The van der Waals surface area contributed by atoms with Crippen LogP contribution >= 0.6 is 0 Å². The lowest BCUT2D eigenvalue weighted by Gasteiger charge is -2.23. The predicted octanol–water partition coefficient (Wildman–Crippen LogP) is 14.0. The molecule has 0 saturated heterocycles. The normalized spacial score (nSPS) is 32.1. The number of allylic oxidation sites excluding steroid dienone is 10. The fourth-order valence-corrected chi connectivity index (χ4v) is 18.9. The topological polar surface area (TPSA) is 187 Å². The second kappa shape index (κ2) is 30.4. The van der Waals surface area contributed by atoms with Crippen LogP contribution in [0.5, 0.6) is 0 Å². The first-order valence-electron chi connectivity index (χ1n) is 37.3. The molecular weight excluding hydrogens is 1230 g/mol. The van der Waals surface area contributed by atoms with Crippen LogP contribution in [-0.4, -0.2) is 105 Å². The van der Waals surface area contributed by atoms with Crippen LogP contribution in [-0.2, 0) is 54.4 Å². The van der Waals surface area contributed by atoms with E-state index in [9.17, 15) is 47.9 Å². The first-order valence-corrected chi connectivity index (χ1v) is 37.3. The van der Waals surface area contributed by atoms with Crippen molar-refractivity contribution >= 4 is 64.8 Å². The molecule has 5 heterocycles. The van der Waals surface area contributed by atoms with E-state index >= 15 is 0 Å². The third-order valence-corrected chi connectivity index (χ3v) is 25.2. The quantitative estimate of drug-likeness (QED) is 0.0651. The van der Waals surface area contributed by atoms with Crippen LogP contribution < -0.4 is 4.90 Å². The van der Waals surface area contributed by atoms with Crippen LogP contribution in [0.15, 0.2) is 142 Å². The Labute approximate surface area is 580 Å². The molecule has 10 aliphatic carbocycles. The third-order valence-electron chi connectivity index (χ3n) is 25.2. The van der Waals surface area contributed by atoms with Gasteiger partial charge in [-0.2, -0.15) is 0 Å². The highest BCUT2D eigenvalue weighted by Crippen LogP contribution is 2.49. The fraction of sp³-hybridized carbons (Fsp3) is 0.566. The molecule has 15 atom stereocenters. The van der Waals surface area contributed by atoms with Crippen LogP contribution in [0.1, 0.15) is 182 Å². The number of amides is 10. The molecule has 15 unspecified atom stereocenters. The summed E-state index contributed by atoms with van der Waals surface area (Å²) in [5, 5.41) is 0. The van der Waals surface area contributed by atoms with Crippen molar-refractivity contribution in [3.8, 4) is 0 Å². The zero-order valence-corrected chi connectivity index (χ0v) is 59.0. The number of imide groups is 5. The number of nitrogens with zero attached hydrogens (tertiary/aromatic N) is 5. The Bertz CT molecular complexity index is 3610. The number of hydrogen-bond acceptors (Lipinski definition) is 10. The Morgan fingerprint density at radius 3 is 1.00 bits per heavy atom. The Morgan fingerprint density at radius 2 is 0.653 bits per heavy atom. The SMILES string of the molecule is CC1=C(C)C(=O)N(CCCCCC2CC3C=CC2C3)C1=O.CC1=C(C)C(=O)N(CCCCCCC2CC3C=CC2C3)C1=O.CC1=C(C)C(=O)N(c2ccc(CCC3CC4C=CC3C4)cc2)C1=O.CC1=CC(=O)N(CC2CC3C=CC2C3)C1=O.O=C1C=CC(=O)N1CC1CC2C=CC1C2. The summed E-state index contributed by atoms with van der Waals surface area (Å²) in [5.41, 5.74) is 6.11. The third kappa shape index (κ3) is 15.2. The molecule has 0 N–H and O–H groups in total. The summed E-state index contributed by atoms with van der Waals surface area (Å²) in [6.45, 7) is 14.5. The maximum absolute atomic E-state index is 12.2. The standard InChI is InChI=1S/C21H23NO2.C19H27NO2.C18H25NO2.C13H15NO2.C12H13NO2/c1-13-14(2)21(24)22(20(13)23)19-9-5-15(6-10-19)3-7-17-11-16-4-8-18(17)12-16;1-13-14(2)19(22)20(18(13)21)10-6-4-3-5-7-16-11-15-8-9-17(16)12-15;1-12-13(2)18(21)19(17(12)20)9-5-3-4-6-15-10-14-7-8-16(15)11-14;1-8-4-12(15)14(13(8)16)7-11-6-9-2-3-10(11)5-9;14-11-3-4-12(15)13(11)7-10-6-8-1-2-9(10)5-8/h4-6,8-10,16-18H,3,7,11-12H2,1-2H3;8-9,15-17H,3-7,10-12H2,1-2H3;7-8,14-16H,3-6,9-11H2,1-2H3;2-4,9-11H,5-7H2,1H3;1-4,8-10H,5-7H2. The molecule has 16 rings (SSSR count). The van der Waals surface area contributed by atoms with Crippen molar-refractivity contribution in [2.45, 2.75) is 183 Å². The van der Waals surface area contributed by atoms with E-state index in [0.29, 0.717) is 106 Å². The molecule has 0 spiro atoms. The van der Waals surface area contributed by atoms with Gasteiger partial charge in [-0.25, -0.2) is 4.90 Å². The van der Waals surface area contributed by atoms with Crippen molar-refractivity contribution in [1.29, 1.82) is 0 Å². The molecule has 1 aromatic carbocycles. The Balaban J connectivity index is 0.000000118. The van der Waals surface area contributed by atoms with E-state index in [1.807, 2.05) is 12.1 Å². The number of benzene rings is 1. The molecule has 520 valence electrons. The highest BCUT2D eigenvalue weighted by atomic mass is 16.2. The van der Waals surface area contributed by atoms with Crippen molar-refractivity contribution in [3.63, 3.8) is 0 Å². The van der Waals surface area contributed by atoms with Gasteiger partial charge in [-0.05, 0) is 258 Å². The number of hydrogen-bond donors (Lipinski definition) is 0. The van der Waals surface area contributed by atoms with Crippen molar-refractivity contribution in [3.05, 3.63) is 148 Å². The van der Waals surface area contributed by atoms with E-state index in [2.05, 4.69) is 72.9 Å². The van der Waals surface area contributed by atoms with Crippen LogP contribution in [0, 0.1) is 88.8 Å². The molecule has 10 bridgehead atoms. The van der Waals surface area contributed by atoms with Gasteiger partial charge in [-0.1, -0.05) is 105 Å². The number of aryl methyl sites for hydroxylation is 1. The minimum atomic E-state index is -0.195. The maximum Gasteiger partial charge on any atom is 0.261 e. The van der Waals surface area contributed by atoms with Crippen molar-refractivity contribution in [1.82, 2.24) is 19.6 Å². The molecular formula is C83H103N5O10. The predicted molar refractivity (Wildman–Crippen MR) is 378 cm³/mol. The van der Waals surface area contributed by atoms with Gasteiger partial charge in [0.1, 0.15) is 0 Å². The largest absolute Gasteiger partial charge is 0.275 e. The van der Waals surface area contributed by atoms with E-state index in [4.69, 9.17) is 0 Å². The van der Waals surface area contributed by atoms with Gasteiger partial charge in [0.25, 0.3) is 59.1 Å². The van der Waals surface area contributed by atoms with E-state index in [-0.39, 0.29) is 59.1 Å². The summed E-state index contributed by atoms with van der Waals surface area (Å²) in [6.07, 6.45) is 53.5. The number of anilines is 1. The number of carbonyl (C=O) groups excluding carboxylic acids is 10. The van der Waals surface area contributed by atoms with Gasteiger partial charge in [0.2, 0.25) is 0 Å². The van der Waals surface area contributed by atoms with Crippen LogP contribution in [0.2, 0.25) is 0 Å². The number of unbranched alkanes of at least 4 members (excludes halogenated alkanes) is 5. The second-order valence-corrected chi connectivity index (χ2v) is 31.4. The molecule has 98 heavy (non-hydrogen) atoms. The lowest BCUT2D eigenvalue weighted by molar-refractivity contribution is -0.139. The lowest BCUT2D eigenvalue weighted by atomic mass is 9.88. The smallest absolute Gasteiger partial charge is 0.261 e. The van der Waals surface area contributed by atoms with Gasteiger partial charge in [-0.3, -0.25) is 67.5 Å². The fourth-order valence-electron chi connectivity index (χ4n) is 18.9. The van der Waals surface area contributed by atoms with Crippen molar-refractivity contribution in [2.24, 2.45) is 88.8 Å². The Morgan fingerprint density at radius 1 is 0.316 bits per heavy atom. The van der Waals surface area contributed by atoms with Crippen molar-refractivity contribution in [2.75, 3.05) is 31.1 Å². The monoisotopic (exact) mass is 1330 g/mol. The number of carbonyl (C=O) groups is 10. The summed E-state index contributed by atoms with van der Waals surface area (Å²) < 4.78 is 0. The molecule has 10 amide bonds. The number of fused-ring (bicyclic) bond motifs is 10. The molecule has 0 aromatic heterocycles.